The lowest BCUT2D eigenvalue weighted by Crippen LogP contribution is -3.00. The van der Waals surface area contributed by atoms with Gasteiger partial charge in [-0.15, -0.1) is 0 Å². The van der Waals surface area contributed by atoms with Crippen LogP contribution >= 0.6 is 0 Å². The maximum Gasteiger partial charge on any atom is 0.211 e. The molecule has 1 aliphatic heterocycles. The number of halogens is 1. The molecule has 31 heavy (non-hydrogen) atoms. The molecule has 2 N–H and O–H groups in total. The second-order valence-corrected chi connectivity index (χ2v) is 10.5. The Morgan fingerprint density at radius 3 is 2.55 bits per heavy atom. The molecule has 0 saturated carbocycles. The van der Waals surface area contributed by atoms with E-state index in [0.29, 0.717) is 26.1 Å². The van der Waals surface area contributed by atoms with Gasteiger partial charge in [-0.2, -0.15) is 0 Å². The first kappa shape index (κ1) is 20.2. The average Bonchev–Trinajstić information content (AvgIpc) is 3.21. The third-order valence-corrected chi connectivity index (χ3v) is 7.69. The number of quaternary nitrogens is 1. The number of aryl methyl sites for hydroxylation is 1. The monoisotopic (exact) mass is 557 g/mol. The Morgan fingerprint density at radius 1 is 1.13 bits per heavy atom. The van der Waals surface area contributed by atoms with Crippen LogP contribution < -0.4 is 28.7 Å². The van der Waals surface area contributed by atoms with Crippen LogP contribution in [0.5, 0.6) is 0 Å². The van der Waals surface area contributed by atoms with Gasteiger partial charge in [0.25, 0.3) is 0 Å². The first-order valence-electron chi connectivity index (χ1n) is 12.0. The van der Waals surface area contributed by atoms with Gasteiger partial charge >= 0.3 is 0 Å². The van der Waals surface area contributed by atoms with E-state index in [1.165, 1.54) is 12.6 Å². The Morgan fingerprint density at radius 2 is 1.87 bits per heavy atom. The van der Waals surface area contributed by atoms with Crippen molar-refractivity contribution in [2.45, 2.75) is 31.7 Å². The quantitative estimate of drug-likeness (QED) is 0.257. The van der Waals surface area contributed by atoms with Crippen molar-refractivity contribution in [2.75, 3.05) is 32.9 Å². The van der Waals surface area contributed by atoms with Gasteiger partial charge in [-0.25, -0.2) is 13.1 Å². The number of piperidine rings is 1. The zero-order chi connectivity index (χ0) is 23.7. The van der Waals surface area contributed by atoms with Gasteiger partial charge in [0, 0.05) is 35.5 Å². The lowest BCUT2D eigenvalue weighted by atomic mass is 9.88. The lowest BCUT2D eigenvalue weighted by Gasteiger charge is -2.40. The van der Waals surface area contributed by atoms with Crippen LogP contribution in [0.2, 0.25) is 0 Å². The second kappa shape index (κ2) is 10.0. The number of nitrogens with one attached hydrogen (secondary N) is 2. The summed E-state index contributed by atoms with van der Waals surface area (Å²) in [5.41, 5.74) is 4.26. The number of rotatable bonds is 7. The fourth-order valence-electron chi connectivity index (χ4n) is 4.50. The minimum absolute atomic E-state index is 0. The molecule has 168 valence electrons. The minimum atomic E-state index is -3.25. The van der Waals surface area contributed by atoms with Crippen LogP contribution in [0, 0.1) is 0 Å². The smallest absolute Gasteiger partial charge is 0.211 e. The Kier molecular flexibility index (Phi) is 6.53. The van der Waals surface area contributed by atoms with Crippen molar-refractivity contribution in [3.8, 4) is 0 Å². The van der Waals surface area contributed by atoms with Crippen molar-refractivity contribution in [1.82, 2.24) is 9.71 Å². The first-order valence-corrected chi connectivity index (χ1v) is 12.2. The summed E-state index contributed by atoms with van der Waals surface area (Å²) in [4.78, 5) is 3.34. The van der Waals surface area contributed by atoms with Gasteiger partial charge in [0.2, 0.25) is 10.0 Å². The molecule has 1 saturated heterocycles. The molecule has 0 aliphatic carbocycles. The van der Waals surface area contributed by atoms with E-state index < -0.39 is 17.0 Å². The van der Waals surface area contributed by atoms with Crippen LogP contribution in [0.15, 0.2) is 54.7 Å². The van der Waals surface area contributed by atoms with E-state index in [-0.39, 0.29) is 40.1 Å². The zero-order valence-corrected chi connectivity index (χ0v) is 20.7. The normalized spacial score (nSPS) is 23.5. The van der Waals surface area contributed by atoms with Gasteiger partial charge in [0.1, 0.15) is 6.54 Å². The van der Waals surface area contributed by atoms with E-state index in [2.05, 4.69) is 15.8 Å². The Hall–Kier alpha value is -1.42. The fourth-order valence-corrected chi connectivity index (χ4v) is 5.21. The van der Waals surface area contributed by atoms with Crippen molar-refractivity contribution >= 4 is 20.9 Å². The molecule has 1 aromatic heterocycles. The SMILES string of the molecule is [2H][13C]([2H])([2H])[N+]1(Cc2ccccc2)CCC(c2c[nH]c3ccc(CCS(=O)(=O)NC)cc23)CC1.[I-]. The maximum absolute atomic E-state index is 11.8. The van der Waals surface area contributed by atoms with Gasteiger partial charge in [0.05, 0.1) is 29.9 Å². The van der Waals surface area contributed by atoms with Crippen LogP contribution in [0.25, 0.3) is 10.9 Å². The topological polar surface area (TPSA) is 62.0 Å². The summed E-state index contributed by atoms with van der Waals surface area (Å²) in [7, 11) is -1.82. The van der Waals surface area contributed by atoms with Gasteiger partial charge in [0.15, 0.2) is 0 Å². The van der Waals surface area contributed by atoms with Crippen molar-refractivity contribution in [3.05, 3.63) is 71.4 Å². The summed E-state index contributed by atoms with van der Waals surface area (Å²) in [5, 5.41) is 1.11. The van der Waals surface area contributed by atoms with Gasteiger partial charge in [-0.3, -0.25) is 0 Å². The standard InChI is InChI=1S/C24H32N3O2S.HI/c1-25-30(28,29)15-12-19-8-9-24-22(16-19)23(17-26-24)21-10-13-27(2,14-11-21)18-20-6-4-3-5-7-20;/h3-9,16-17,21,25-26H,10-15,18H2,1-2H3;1H/q+1;/p-1/i2+1D3;. The summed E-state index contributed by atoms with van der Waals surface area (Å²) in [6.07, 6.45) is 4.09. The number of benzene rings is 2. The number of H-pyrrole nitrogens is 1. The van der Waals surface area contributed by atoms with E-state index in [9.17, 15) is 8.42 Å². The zero-order valence-electron chi connectivity index (χ0n) is 20.8. The number of hydrogen-bond donors (Lipinski definition) is 2. The van der Waals surface area contributed by atoms with E-state index in [4.69, 9.17) is 4.11 Å². The van der Waals surface area contributed by atoms with E-state index in [0.717, 1.165) is 34.9 Å². The Balaban J connectivity index is 0.00000324. The van der Waals surface area contributed by atoms with Crippen LogP contribution in [-0.2, 0) is 23.0 Å². The Bertz CT molecular complexity index is 1210. The van der Waals surface area contributed by atoms with Gasteiger partial charge in [-0.05, 0) is 42.6 Å². The average molecular weight is 558 g/mol. The van der Waals surface area contributed by atoms with Gasteiger partial charge in [-0.1, -0.05) is 36.4 Å². The summed E-state index contributed by atoms with van der Waals surface area (Å²) in [5.74, 6) is 0.329. The molecule has 0 radical (unpaired) electrons. The summed E-state index contributed by atoms with van der Waals surface area (Å²) in [6, 6.07) is 15.9. The number of fused-ring (bicyclic) bond motifs is 1. The number of likely N-dealkylation sites (tertiary alicyclic amines) is 1. The summed E-state index contributed by atoms with van der Waals surface area (Å²) < 4.78 is 50.9. The number of aromatic nitrogens is 1. The molecule has 5 nitrogen and oxygen atoms in total. The molecule has 1 fully saturated rings. The fraction of sp³-hybridized carbons (Fsp3) is 0.417. The lowest BCUT2D eigenvalue weighted by molar-refractivity contribution is -0.927. The first-order chi connectivity index (χ1) is 15.6. The van der Waals surface area contributed by atoms with Crippen LogP contribution in [0.1, 0.15) is 39.6 Å². The van der Waals surface area contributed by atoms with Gasteiger partial charge < -0.3 is 33.4 Å². The van der Waals surface area contributed by atoms with Crippen molar-refractivity contribution in [1.29, 1.82) is 0 Å². The molecular formula is C24H32IN3O2S. The molecule has 7 heteroatoms. The number of nitrogens with zero attached hydrogens (tertiary/aromatic N) is 1. The van der Waals surface area contributed by atoms with Crippen molar-refractivity contribution < 1.29 is 41.0 Å². The van der Waals surface area contributed by atoms with E-state index >= 15 is 0 Å². The Labute approximate surface area is 207 Å². The molecule has 0 bridgehead atoms. The second-order valence-electron chi connectivity index (χ2n) is 8.41. The predicted molar refractivity (Wildman–Crippen MR) is 123 cm³/mol. The molecule has 0 spiro atoms. The van der Waals surface area contributed by atoms with Crippen molar-refractivity contribution in [3.63, 3.8) is 0 Å². The minimum Gasteiger partial charge on any atom is -1.00 e. The molecule has 4 rings (SSSR count). The van der Waals surface area contributed by atoms with Crippen LogP contribution in [0.4, 0.5) is 0 Å². The molecule has 1 aliphatic rings. The number of aromatic amines is 1. The molecule has 2 aromatic carbocycles. The van der Waals surface area contributed by atoms with E-state index in [1.54, 1.807) is 0 Å². The highest BCUT2D eigenvalue weighted by Gasteiger charge is 2.31. The van der Waals surface area contributed by atoms with Crippen LogP contribution in [-0.4, -0.2) is 50.8 Å². The maximum atomic E-state index is 11.8. The third kappa shape index (κ3) is 5.88. The number of hydrogen-bond acceptors (Lipinski definition) is 2. The molecule has 0 unspecified atom stereocenters. The molecular weight excluding hydrogens is 522 g/mol. The highest BCUT2D eigenvalue weighted by atomic mass is 127. The largest absolute Gasteiger partial charge is 1.00 e. The highest BCUT2D eigenvalue weighted by molar-refractivity contribution is 7.89. The third-order valence-electron chi connectivity index (χ3n) is 6.33. The van der Waals surface area contributed by atoms with Crippen LogP contribution in [0.3, 0.4) is 0 Å². The number of sulfonamides is 1. The van der Waals surface area contributed by atoms with Crippen molar-refractivity contribution in [2.24, 2.45) is 0 Å². The molecule has 2 heterocycles. The predicted octanol–water partition coefficient (Wildman–Crippen LogP) is 0.788. The highest BCUT2D eigenvalue weighted by Crippen LogP contribution is 2.36. The van der Waals surface area contributed by atoms with E-state index in [1.807, 2.05) is 48.7 Å². The molecule has 0 atom stereocenters. The summed E-state index contributed by atoms with van der Waals surface area (Å²) >= 11 is 0. The summed E-state index contributed by atoms with van der Waals surface area (Å²) in [6.45, 7) is -0.347. The molecule has 3 aromatic rings. The molecule has 0 amide bonds.